The Morgan fingerprint density at radius 3 is 2.91 bits per heavy atom. The molecule has 1 fully saturated rings. The van der Waals surface area contributed by atoms with Gasteiger partial charge in [0, 0.05) is 30.3 Å². The first-order valence-corrected chi connectivity index (χ1v) is 7.83. The number of ether oxygens (including phenoxy) is 1. The van der Waals surface area contributed by atoms with Gasteiger partial charge in [-0.3, -0.25) is 10.00 Å². The van der Waals surface area contributed by atoms with Crippen molar-refractivity contribution in [1.29, 1.82) is 0 Å². The van der Waals surface area contributed by atoms with Gasteiger partial charge >= 0.3 is 0 Å². The molecular weight excluding hydrogens is 278 g/mol. The van der Waals surface area contributed by atoms with Crippen LogP contribution in [0.3, 0.4) is 0 Å². The Balaban J connectivity index is 1.76. The van der Waals surface area contributed by atoms with E-state index in [2.05, 4.69) is 15.1 Å². The van der Waals surface area contributed by atoms with Crippen LogP contribution >= 0.6 is 0 Å². The highest BCUT2D eigenvalue weighted by Gasteiger charge is 2.25. The minimum absolute atomic E-state index is 0.262. The third-order valence-corrected chi connectivity index (χ3v) is 4.43. The lowest BCUT2D eigenvalue weighted by Crippen LogP contribution is -2.29. The van der Waals surface area contributed by atoms with Crippen molar-refractivity contribution in [2.45, 2.75) is 31.8 Å². The van der Waals surface area contributed by atoms with Gasteiger partial charge in [-0.25, -0.2) is 0 Å². The molecule has 0 aliphatic carbocycles. The van der Waals surface area contributed by atoms with E-state index in [4.69, 9.17) is 4.74 Å². The van der Waals surface area contributed by atoms with Gasteiger partial charge in [0.1, 0.15) is 5.75 Å². The molecule has 0 saturated carbocycles. The maximum absolute atomic E-state index is 9.20. The van der Waals surface area contributed by atoms with Crippen LogP contribution in [0.2, 0.25) is 0 Å². The first-order valence-electron chi connectivity index (χ1n) is 7.83. The van der Waals surface area contributed by atoms with Gasteiger partial charge in [-0.1, -0.05) is 0 Å². The number of nitrogens with one attached hydrogen (secondary N) is 1. The molecule has 2 heterocycles. The summed E-state index contributed by atoms with van der Waals surface area (Å²) in [5, 5.41) is 16.5. The van der Waals surface area contributed by atoms with Gasteiger partial charge in [-0.05, 0) is 50.1 Å². The number of likely N-dealkylation sites (tertiary alicyclic amines) is 1. The van der Waals surface area contributed by atoms with Crippen LogP contribution in [0.4, 0.5) is 0 Å². The lowest BCUT2D eigenvalue weighted by Gasteiger charge is -2.23. The molecule has 0 bridgehead atoms. The fraction of sp³-hybridized carbons (Fsp3) is 0.471. The number of aromatic amines is 1. The molecule has 1 saturated heterocycles. The van der Waals surface area contributed by atoms with Crippen LogP contribution in [-0.2, 0) is 6.54 Å². The van der Waals surface area contributed by atoms with E-state index < -0.39 is 0 Å². The highest BCUT2D eigenvalue weighted by molar-refractivity contribution is 5.63. The monoisotopic (exact) mass is 301 g/mol. The molecule has 118 valence electrons. The second-order valence-corrected chi connectivity index (χ2v) is 5.78. The van der Waals surface area contributed by atoms with Crippen LogP contribution in [0, 0.1) is 0 Å². The van der Waals surface area contributed by atoms with E-state index in [1.165, 1.54) is 18.4 Å². The molecule has 1 unspecified atom stereocenters. The van der Waals surface area contributed by atoms with Crippen molar-refractivity contribution in [3.63, 3.8) is 0 Å². The number of aliphatic hydroxyl groups is 1. The molecule has 2 N–H and O–H groups in total. The molecule has 5 nitrogen and oxygen atoms in total. The van der Waals surface area contributed by atoms with Crippen molar-refractivity contribution in [3.8, 4) is 17.0 Å². The Kier molecular flexibility index (Phi) is 4.75. The molecule has 1 aliphatic rings. The average molecular weight is 301 g/mol. The maximum Gasteiger partial charge on any atom is 0.118 e. The number of benzene rings is 1. The fourth-order valence-electron chi connectivity index (χ4n) is 3.24. The van der Waals surface area contributed by atoms with E-state index >= 15 is 0 Å². The summed E-state index contributed by atoms with van der Waals surface area (Å²) in [6.07, 6.45) is 5.15. The van der Waals surface area contributed by atoms with Crippen molar-refractivity contribution < 1.29 is 9.84 Å². The third kappa shape index (κ3) is 3.15. The van der Waals surface area contributed by atoms with Crippen molar-refractivity contribution >= 4 is 0 Å². The summed E-state index contributed by atoms with van der Waals surface area (Å²) in [6.45, 7) is 2.23. The predicted molar refractivity (Wildman–Crippen MR) is 85.7 cm³/mol. The molecule has 1 aromatic carbocycles. The molecule has 1 aromatic heterocycles. The van der Waals surface area contributed by atoms with E-state index in [1.807, 2.05) is 30.5 Å². The van der Waals surface area contributed by atoms with E-state index in [0.717, 1.165) is 36.5 Å². The van der Waals surface area contributed by atoms with Crippen molar-refractivity contribution in [3.05, 3.63) is 36.0 Å². The Hall–Kier alpha value is -1.85. The van der Waals surface area contributed by atoms with E-state index in [-0.39, 0.29) is 6.61 Å². The van der Waals surface area contributed by atoms with Gasteiger partial charge in [-0.2, -0.15) is 5.10 Å². The van der Waals surface area contributed by atoms with Gasteiger partial charge in [0.25, 0.3) is 0 Å². The number of rotatable bonds is 6. The highest BCUT2D eigenvalue weighted by atomic mass is 16.5. The van der Waals surface area contributed by atoms with Crippen LogP contribution in [0.1, 0.15) is 24.8 Å². The molecular formula is C17H23N3O2. The van der Waals surface area contributed by atoms with Gasteiger partial charge in [0.05, 0.1) is 19.0 Å². The number of aromatic nitrogens is 2. The lowest BCUT2D eigenvalue weighted by atomic mass is 10.1. The minimum Gasteiger partial charge on any atom is -0.497 e. The predicted octanol–water partition coefficient (Wildman–Crippen LogP) is 2.43. The van der Waals surface area contributed by atoms with Gasteiger partial charge in [-0.15, -0.1) is 0 Å². The van der Waals surface area contributed by atoms with E-state index in [9.17, 15) is 5.11 Å². The zero-order valence-electron chi connectivity index (χ0n) is 13.0. The highest BCUT2D eigenvalue weighted by Crippen LogP contribution is 2.27. The minimum atomic E-state index is 0.262. The number of hydrogen-bond acceptors (Lipinski definition) is 4. The molecule has 0 spiro atoms. The summed E-state index contributed by atoms with van der Waals surface area (Å²) in [5.41, 5.74) is 3.39. The first kappa shape index (κ1) is 15.1. The normalized spacial score (nSPS) is 18.7. The molecule has 1 aliphatic heterocycles. The van der Waals surface area contributed by atoms with E-state index in [0.29, 0.717) is 6.04 Å². The topological polar surface area (TPSA) is 61.4 Å². The number of H-pyrrole nitrogens is 1. The standard InChI is InChI=1S/C17H23N3O2/c1-22-16-6-4-13(5-7-16)17-14(11-18-19-17)12-20-9-2-3-15(20)8-10-21/h4-7,11,15,21H,2-3,8-10,12H2,1H3,(H,18,19). The molecule has 22 heavy (non-hydrogen) atoms. The fourth-order valence-corrected chi connectivity index (χ4v) is 3.24. The smallest absolute Gasteiger partial charge is 0.118 e. The molecule has 2 aromatic rings. The van der Waals surface area contributed by atoms with Crippen molar-refractivity contribution in [2.75, 3.05) is 20.3 Å². The average Bonchev–Trinajstić information content (AvgIpc) is 3.18. The maximum atomic E-state index is 9.20. The Morgan fingerprint density at radius 1 is 1.36 bits per heavy atom. The largest absolute Gasteiger partial charge is 0.497 e. The van der Waals surface area contributed by atoms with Crippen molar-refractivity contribution in [2.24, 2.45) is 0 Å². The van der Waals surface area contributed by atoms with Crippen LogP contribution in [0.15, 0.2) is 30.5 Å². The zero-order valence-corrected chi connectivity index (χ0v) is 13.0. The summed E-state index contributed by atoms with van der Waals surface area (Å²) >= 11 is 0. The second-order valence-electron chi connectivity index (χ2n) is 5.78. The molecule has 5 heteroatoms. The van der Waals surface area contributed by atoms with Crippen LogP contribution < -0.4 is 4.74 Å². The summed E-state index contributed by atoms with van der Waals surface area (Å²) in [5.74, 6) is 0.854. The summed E-state index contributed by atoms with van der Waals surface area (Å²) in [6, 6.07) is 8.51. The van der Waals surface area contributed by atoms with Gasteiger partial charge in [0.15, 0.2) is 0 Å². The quantitative estimate of drug-likeness (QED) is 0.860. The Bertz CT molecular complexity index is 594. The van der Waals surface area contributed by atoms with Crippen LogP contribution in [0.25, 0.3) is 11.3 Å². The molecule has 3 rings (SSSR count). The Morgan fingerprint density at radius 2 is 2.18 bits per heavy atom. The number of hydrogen-bond donors (Lipinski definition) is 2. The Labute approximate surface area is 130 Å². The van der Waals surface area contributed by atoms with Crippen LogP contribution in [0.5, 0.6) is 5.75 Å². The number of nitrogens with zero attached hydrogens (tertiary/aromatic N) is 2. The van der Waals surface area contributed by atoms with Crippen molar-refractivity contribution in [1.82, 2.24) is 15.1 Å². The summed E-state index contributed by atoms with van der Waals surface area (Å²) in [4.78, 5) is 2.45. The SMILES string of the molecule is COc1ccc(-c2[nH]ncc2CN2CCCC2CCO)cc1. The molecule has 0 radical (unpaired) electrons. The number of aliphatic hydroxyl groups excluding tert-OH is 1. The summed E-state index contributed by atoms with van der Waals surface area (Å²) in [7, 11) is 1.67. The van der Waals surface area contributed by atoms with Gasteiger partial charge < -0.3 is 9.84 Å². The molecule has 1 atom stereocenters. The summed E-state index contributed by atoms with van der Waals surface area (Å²) < 4.78 is 5.21. The second kappa shape index (κ2) is 6.94. The lowest BCUT2D eigenvalue weighted by molar-refractivity contribution is 0.190. The molecule has 0 amide bonds. The third-order valence-electron chi connectivity index (χ3n) is 4.43. The zero-order chi connectivity index (χ0) is 15.4. The van der Waals surface area contributed by atoms with Crippen LogP contribution in [-0.4, -0.2) is 46.5 Å². The first-order chi connectivity index (χ1) is 10.8. The van der Waals surface area contributed by atoms with E-state index in [1.54, 1.807) is 7.11 Å². The van der Waals surface area contributed by atoms with Gasteiger partial charge in [0.2, 0.25) is 0 Å². The number of methoxy groups -OCH3 is 1.